The molecule has 0 unspecified atom stereocenters. The molecule has 1 N–H and O–H groups in total. The standard InChI is InChI=1S/C16H22BrN5O2/c1-10-6-5-7-12(10)22(21-15(23)24-16(2,3)4)14-11(17)9-19-13(8-18)20-14/h9-10,12H,5-7H2,1-4H3,(H,21,23)/t10-,12-/m1/s1. The Morgan fingerprint density at radius 1 is 1.50 bits per heavy atom. The zero-order chi connectivity index (χ0) is 17.9. The molecule has 1 aromatic heterocycles. The molecular formula is C16H22BrN5O2. The molecule has 1 amide bonds. The highest BCUT2D eigenvalue weighted by Gasteiger charge is 2.33. The molecule has 1 aliphatic carbocycles. The van der Waals surface area contributed by atoms with Gasteiger partial charge >= 0.3 is 6.09 Å². The van der Waals surface area contributed by atoms with Crippen LogP contribution in [0.15, 0.2) is 10.7 Å². The van der Waals surface area contributed by atoms with E-state index in [-0.39, 0.29) is 11.9 Å². The summed E-state index contributed by atoms with van der Waals surface area (Å²) in [6.45, 7) is 7.57. The SMILES string of the molecule is C[C@@H]1CCC[C@H]1N(NC(=O)OC(C)(C)C)c1nc(C#N)ncc1Br. The zero-order valence-corrected chi connectivity index (χ0v) is 15.9. The monoisotopic (exact) mass is 395 g/mol. The molecule has 0 radical (unpaired) electrons. The van der Waals surface area contributed by atoms with Gasteiger partial charge in [-0.2, -0.15) is 10.2 Å². The van der Waals surface area contributed by atoms with E-state index < -0.39 is 11.7 Å². The number of hydrazine groups is 1. The van der Waals surface area contributed by atoms with Crippen molar-refractivity contribution >= 4 is 27.8 Å². The van der Waals surface area contributed by atoms with Gasteiger partial charge in [-0.15, -0.1) is 0 Å². The van der Waals surface area contributed by atoms with Crippen molar-refractivity contribution in [2.24, 2.45) is 5.92 Å². The maximum atomic E-state index is 12.3. The maximum absolute atomic E-state index is 12.3. The Labute approximate surface area is 150 Å². The van der Waals surface area contributed by atoms with Gasteiger partial charge in [-0.25, -0.2) is 15.2 Å². The number of nitrogens with zero attached hydrogens (tertiary/aromatic N) is 4. The van der Waals surface area contributed by atoms with Crippen LogP contribution in [-0.2, 0) is 4.74 Å². The van der Waals surface area contributed by atoms with Gasteiger partial charge in [-0.05, 0) is 55.5 Å². The summed E-state index contributed by atoms with van der Waals surface area (Å²) in [5.41, 5.74) is 2.20. The first-order valence-corrected chi connectivity index (χ1v) is 8.72. The van der Waals surface area contributed by atoms with Crippen LogP contribution in [0.5, 0.6) is 0 Å². The third-order valence-corrected chi connectivity index (χ3v) is 4.37. The molecule has 1 aliphatic rings. The Bertz CT molecular complexity index is 653. The molecule has 24 heavy (non-hydrogen) atoms. The number of amides is 1. The highest BCUT2D eigenvalue weighted by Crippen LogP contribution is 2.33. The number of hydrogen-bond donors (Lipinski definition) is 1. The van der Waals surface area contributed by atoms with Crippen LogP contribution in [0.2, 0.25) is 0 Å². The number of halogens is 1. The Balaban J connectivity index is 2.33. The first-order valence-electron chi connectivity index (χ1n) is 7.93. The lowest BCUT2D eigenvalue weighted by atomic mass is 10.1. The minimum atomic E-state index is -0.599. The molecule has 1 fully saturated rings. The number of rotatable bonds is 3. The van der Waals surface area contributed by atoms with Crippen molar-refractivity contribution in [1.29, 1.82) is 5.26 Å². The summed E-state index contributed by atoms with van der Waals surface area (Å²) in [5, 5.41) is 10.8. The lowest BCUT2D eigenvalue weighted by molar-refractivity contribution is 0.0511. The van der Waals surface area contributed by atoms with Gasteiger partial charge in [0.05, 0.1) is 10.5 Å². The van der Waals surface area contributed by atoms with Gasteiger partial charge in [0, 0.05) is 6.20 Å². The molecule has 2 rings (SSSR count). The van der Waals surface area contributed by atoms with Gasteiger partial charge in [-0.3, -0.25) is 5.01 Å². The number of ether oxygens (including phenoxy) is 1. The van der Waals surface area contributed by atoms with Crippen LogP contribution in [-0.4, -0.2) is 27.7 Å². The molecule has 2 atom stereocenters. The van der Waals surface area contributed by atoms with Crippen molar-refractivity contribution in [1.82, 2.24) is 15.4 Å². The smallest absolute Gasteiger partial charge is 0.426 e. The van der Waals surface area contributed by atoms with Gasteiger partial charge in [-0.1, -0.05) is 13.3 Å². The second-order valence-corrected chi connectivity index (χ2v) is 7.79. The Kier molecular flexibility index (Phi) is 5.65. The van der Waals surface area contributed by atoms with Crippen molar-refractivity contribution < 1.29 is 9.53 Å². The highest BCUT2D eigenvalue weighted by molar-refractivity contribution is 9.10. The molecule has 7 nitrogen and oxygen atoms in total. The van der Waals surface area contributed by atoms with E-state index in [0.717, 1.165) is 19.3 Å². The Morgan fingerprint density at radius 3 is 2.75 bits per heavy atom. The number of anilines is 1. The molecule has 1 aromatic rings. The molecule has 1 saturated carbocycles. The van der Waals surface area contributed by atoms with Crippen LogP contribution in [0, 0.1) is 17.2 Å². The third kappa shape index (κ3) is 4.57. The normalized spacial score (nSPS) is 20.3. The summed E-state index contributed by atoms with van der Waals surface area (Å²) < 4.78 is 5.97. The number of hydrogen-bond acceptors (Lipinski definition) is 6. The summed E-state index contributed by atoms with van der Waals surface area (Å²) in [4.78, 5) is 20.5. The van der Waals surface area contributed by atoms with E-state index in [4.69, 9.17) is 10.00 Å². The van der Waals surface area contributed by atoms with Crippen molar-refractivity contribution in [3.8, 4) is 6.07 Å². The minimum Gasteiger partial charge on any atom is -0.443 e. The molecule has 0 saturated heterocycles. The van der Waals surface area contributed by atoms with Crippen LogP contribution in [0.3, 0.4) is 0 Å². The second kappa shape index (κ2) is 7.34. The van der Waals surface area contributed by atoms with E-state index in [1.54, 1.807) is 5.01 Å². The quantitative estimate of drug-likeness (QED) is 0.786. The molecule has 0 aromatic carbocycles. The van der Waals surface area contributed by atoms with E-state index in [9.17, 15) is 4.79 Å². The molecule has 0 spiro atoms. The molecule has 0 aliphatic heterocycles. The van der Waals surface area contributed by atoms with Crippen molar-refractivity contribution in [2.45, 2.75) is 58.6 Å². The van der Waals surface area contributed by atoms with Gasteiger partial charge < -0.3 is 4.74 Å². The van der Waals surface area contributed by atoms with E-state index in [1.165, 1.54) is 6.20 Å². The van der Waals surface area contributed by atoms with Crippen molar-refractivity contribution in [3.63, 3.8) is 0 Å². The third-order valence-electron chi connectivity index (χ3n) is 3.81. The summed E-state index contributed by atoms with van der Waals surface area (Å²) in [6, 6.07) is 2.01. The average molecular weight is 396 g/mol. The van der Waals surface area contributed by atoms with E-state index in [1.807, 2.05) is 26.8 Å². The number of nitriles is 1. The second-order valence-electron chi connectivity index (χ2n) is 6.94. The number of carbonyl (C=O) groups excluding carboxylic acids is 1. The fraction of sp³-hybridized carbons (Fsp3) is 0.625. The lowest BCUT2D eigenvalue weighted by Gasteiger charge is -2.34. The number of carbonyl (C=O) groups is 1. The number of nitrogens with one attached hydrogen (secondary N) is 1. The van der Waals surface area contributed by atoms with E-state index in [2.05, 4.69) is 38.2 Å². The summed E-state index contributed by atoms with van der Waals surface area (Å²) in [7, 11) is 0. The van der Waals surface area contributed by atoms with Gasteiger partial charge in [0.25, 0.3) is 0 Å². The molecule has 0 bridgehead atoms. The molecule has 1 heterocycles. The van der Waals surface area contributed by atoms with Crippen LogP contribution in [0.4, 0.5) is 10.6 Å². The Morgan fingerprint density at radius 2 is 2.21 bits per heavy atom. The van der Waals surface area contributed by atoms with E-state index in [0.29, 0.717) is 16.2 Å². The maximum Gasteiger partial charge on any atom is 0.426 e. The highest BCUT2D eigenvalue weighted by atomic mass is 79.9. The van der Waals surface area contributed by atoms with Gasteiger partial charge in [0.2, 0.25) is 5.82 Å². The van der Waals surface area contributed by atoms with Crippen molar-refractivity contribution in [2.75, 3.05) is 5.01 Å². The molecule has 130 valence electrons. The molecule has 8 heteroatoms. The largest absolute Gasteiger partial charge is 0.443 e. The predicted molar refractivity (Wildman–Crippen MR) is 93.1 cm³/mol. The molecular weight excluding hydrogens is 374 g/mol. The van der Waals surface area contributed by atoms with Crippen LogP contribution in [0.25, 0.3) is 0 Å². The first kappa shape index (κ1) is 18.5. The Hall–Kier alpha value is -1.88. The average Bonchev–Trinajstić information content (AvgIpc) is 2.90. The van der Waals surface area contributed by atoms with E-state index >= 15 is 0 Å². The number of aromatic nitrogens is 2. The fourth-order valence-electron chi connectivity index (χ4n) is 2.78. The lowest BCUT2D eigenvalue weighted by Crippen LogP contribution is -2.52. The van der Waals surface area contributed by atoms with Gasteiger partial charge in [0.1, 0.15) is 11.7 Å². The van der Waals surface area contributed by atoms with Crippen LogP contribution < -0.4 is 10.4 Å². The van der Waals surface area contributed by atoms with Crippen LogP contribution in [0.1, 0.15) is 52.8 Å². The van der Waals surface area contributed by atoms with Crippen molar-refractivity contribution in [3.05, 3.63) is 16.5 Å². The predicted octanol–water partition coefficient (Wildman–Crippen LogP) is 3.55. The minimum absolute atomic E-state index is 0.0508. The summed E-state index contributed by atoms with van der Waals surface area (Å²) in [5.74, 6) is 0.897. The summed E-state index contributed by atoms with van der Waals surface area (Å²) in [6.07, 6.45) is 4.04. The summed E-state index contributed by atoms with van der Waals surface area (Å²) >= 11 is 3.41. The topological polar surface area (TPSA) is 91.1 Å². The van der Waals surface area contributed by atoms with Gasteiger partial charge in [0.15, 0.2) is 5.82 Å². The zero-order valence-electron chi connectivity index (χ0n) is 14.3. The first-order chi connectivity index (χ1) is 11.2. The van der Waals surface area contributed by atoms with Crippen LogP contribution >= 0.6 is 15.9 Å². The fourth-order valence-corrected chi connectivity index (χ4v) is 3.16.